The number of alkyl halides is 2. The van der Waals surface area contributed by atoms with E-state index in [0.29, 0.717) is 23.4 Å². The first-order valence-corrected chi connectivity index (χ1v) is 8.61. The lowest BCUT2D eigenvalue weighted by Crippen LogP contribution is -2.39. The molecule has 1 heterocycles. The summed E-state index contributed by atoms with van der Waals surface area (Å²) in [5.41, 5.74) is 1.34. The zero-order valence-corrected chi connectivity index (χ0v) is 15.1. The van der Waals surface area contributed by atoms with E-state index < -0.39 is 13.0 Å². The van der Waals surface area contributed by atoms with Gasteiger partial charge in [0.1, 0.15) is 12.4 Å². The summed E-state index contributed by atoms with van der Waals surface area (Å²) in [5.74, 6) is 0.909. The van der Waals surface area contributed by atoms with Gasteiger partial charge in [-0.05, 0) is 43.7 Å². The van der Waals surface area contributed by atoms with E-state index in [1.54, 1.807) is 25.1 Å². The number of anilines is 1. The molecular formula is C18H25ClF2N2O2. The fourth-order valence-corrected chi connectivity index (χ4v) is 3.74. The molecule has 2 N–H and O–H groups in total. The Bertz CT molecular complexity index is 586. The first-order valence-electron chi connectivity index (χ1n) is 8.61. The third-order valence-corrected chi connectivity index (χ3v) is 5.00. The van der Waals surface area contributed by atoms with Gasteiger partial charge in [0, 0.05) is 17.8 Å². The number of rotatable bonds is 5. The number of hydrogen-bond donors (Lipinski definition) is 2. The van der Waals surface area contributed by atoms with Crippen LogP contribution in [0.5, 0.6) is 5.75 Å². The Morgan fingerprint density at radius 1 is 1.36 bits per heavy atom. The minimum absolute atomic E-state index is 0. The zero-order chi connectivity index (χ0) is 17.1. The minimum atomic E-state index is -2.52. The maximum Gasteiger partial charge on any atom is 0.272 e. The summed E-state index contributed by atoms with van der Waals surface area (Å²) in [5, 5.41) is 6.32. The summed E-state index contributed by atoms with van der Waals surface area (Å²) >= 11 is 0. The van der Waals surface area contributed by atoms with Gasteiger partial charge in [-0.15, -0.1) is 12.4 Å². The summed E-state index contributed by atoms with van der Waals surface area (Å²) in [6.07, 6.45) is 3.17. The molecule has 3 rings (SSSR count). The number of amides is 1. The molecule has 2 aliphatic rings. The van der Waals surface area contributed by atoms with Crippen LogP contribution >= 0.6 is 12.4 Å². The molecule has 2 fully saturated rings. The van der Waals surface area contributed by atoms with Gasteiger partial charge in [-0.2, -0.15) is 0 Å². The number of benzene rings is 1. The Morgan fingerprint density at radius 3 is 2.84 bits per heavy atom. The van der Waals surface area contributed by atoms with Crippen LogP contribution < -0.4 is 15.4 Å². The minimum Gasteiger partial charge on any atom is -0.487 e. The van der Waals surface area contributed by atoms with Crippen molar-refractivity contribution >= 4 is 24.0 Å². The fourth-order valence-electron chi connectivity index (χ4n) is 3.74. The van der Waals surface area contributed by atoms with Crippen molar-refractivity contribution in [3.05, 3.63) is 23.8 Å². The molecule has 7 heteroatoms. The first-order chi connectivity index (χ1) is 11.5. The van der Waals surface area contributed by atoms with Gasteiger partial charge in [0.15, 0.2) is 0 Å². The van der Waals surface area contributed by atoms with Gasteiger partial charge < -0.3 is 15.4 Å². The van der Waals surface area contributed by atoms with Crippen LogP contribution in [0.2, 0.25) is 0 Å². The van der Waals surface area contributed by atoms with E-state index in [2.05, 4.69) is 10.6 Å². The SMILES string of the molecule is Cc1ccc(NC(=O)C2CC3CCCCC3N2)cc1OCC(F)F.Cl. The highest BCUT2D eigenvalue weighted by atomic mass is 35.5. The Kier molecular flexibility index (Phi) is 7.02. The summed E-state index contributed by atoms with van der Waals surface area (Å²) in [7, 11) is 0. The molecule has 1 saturated carbocycles. The lowest BCUT2D eigenvalue weighted by Gasteiger charge is -2.24. The standard InChI is InChI=1S/C18H24F2N2O2.ClH/c1-11-6-7-13(9-16(11)24-10-17(19)20)21-18(23)15-8-12-4-2-3-5-14(12)22-15;/h6-7,9,12,14-15,17,22H,2-5,8,10H2,1H3,(H,21,23);1H. The Labute approximate surface area is 153 Å². The van der Waals surface area contributed by atoms with Crippen molar-refractivity contribution in [1.82, 2.24) is 5.32 Å². The highest BCUT2D eigenvalue weighted by Gasteiger charge is 2.38. The largest absolute Gasteiger partial charge is 0.487 e. The second kappa shape index (κ2) is 8.81. The Hall–Kier alpha value is -1.40. The van der Waals surface area contributed by atoms with Gasteiger partial charge in [0.25, 0.3) is 6.43 Å². The van der Waals surface area contributed by atoms with E-state index in [9.17, 15) is 13.6 Å². The Morgan fingerprint density at radius 2 is 2.12 bits per heavy atom. The summed E-state index contributed by atoms with van der Waals surface area (Å²) in [6, 6.07) is 5.42. The number of carbonyl (C=O) groups is 1. The lowest BCUT2D eigenvalue weighted by atomic mass is 9.85. The lowest BCUT2D eigenvalue weighted by molar-refractivity contribution is -0.117. The predicted molar refractivity (Wildman–Crippen MR) is 95.8 cm³/mol. The van der Waals surface area contributed by atoms with E-state index in [1.165, 1.54) is 19.3 Å². The molecule has 25 heavy (non-hydrogen) atoms. The highest BCUT2D eigenvalue weighted by Crippen LogP contribution is 2.33. The van der Waals surface area contributed by atoms with Gasteiger partial charge in [-0.1, -0.05) is 18.9 Å². The second-order valence-electron chi connectivity index (χ2n) is 6.78. The monoisotopic (exact) mass is 374 g/mol. The fraction of sp³-hybridized carbons (Fsp3) is 0.611. The molecule has 1 aromatic rings. The molecule has 0 radical (unpaired) electrons. The predicted octanol–water partition coefficient (Wildman–Crippen LogP) is 3.92. The number of nitrogens with one attached hydrogen (secondary N) is 2. The number of fused-ring (bicyclic) bond motifs is 1. The Balaban J connectivity index is 0.00000225. The van der Waals surface area contributed by atoms with Gasteiger partial charge in [-0.25, -0.2) is 8.78 Å². The molecule has 3 unspecified atom stereocenters. The van der Waals surface area contributed by atoms with Crippen LogP contribution in [0.25, 0.3) is 0 Å². The molecule has 1 aliphatic heterocycles. The van der Waals surface area contributed by atoms with Crippen molar-refractivity contribution in [2.24, 2.45) is 5.92 Å². The molecular weight excluding hydrogens is 350 g/mol. The zero-order valence-electron chi connectivity index (χ0n) is 14.3. The van der Waals surface area contributed by atoms with Gasteiger partial charge in [0.2, 0.25) is 5.91 Å². The topological polar surface area (TPSA) is 50.4 Å². The molecule has 1 aromatic carbocycles. The first kappa shape index (κ1) is 19.9. The highest BCUT2D eigenvalue weighted by molar-refractivity contribution is 5.95. The van der Waals surface area contributed by atoms with Gasteiger partial charge >= 0.3 is 0 Å². The van der Waals surface area contributed by atoms with Crippen LogP contribution in [0, 0.1) is 12.8 Å². The van der Waals surface area contributed by atoms with Crippen LogP contribution in [0.15, 0.2) is 18.2 Å². The molecule has 1 amide bonds. The number of aryl methyl sites for hydroxylation is 1. The molecule has 140 valence electrons. The number of carbonyl (C=O) groups excluding carboxylic acids is 1. The quantitative estimate of drug-likeness (QED) is 0.821. The van der Waals surface area contributed by atoms with Crippen LogP contribution in [-0.2, 0) is 4.79 Å². The maximum atomic E-state index is 12.5. The third-order valence-electron chi connectivity index (χ3n) is 5.00. The summed E-state index contributed by atoms with van der Waals surface area (Å²) < 4.78 is 29.7. The van der Waals surface area contributed by atoms with Crippen LogP contribution in [-0.4, -0.2) is 31.0 Å². The number of ether oxygens (including phenoxy) is 1. The second-order valence-corrected chi connectivity index (χ2v) is 6.78. The van der Waals surface area contributed by atoms with Gasteiger partial charge in [0.05, 0.1) is 6.04 Å². The van der Waals surface area contributed by atoms with Crippen molar-refractivity contribution in [2.75, 3.05) is 11.9 Å². The van der Waals surface area contributed by atoms with Crippen LogP contribution in [0.3, 0.4) is 0 Å². The van der Waals surface area contributed by atoms with Crippen molar-refractivity contribution in [1.29, 1.82) is 0 Å². The maximum absolute atomic E-state index is 12.5. The smallest absolute Gasteiger partial charge is 0.272 e. The van der Waals surface area contributed by atoms with Crippen molar-refractivity contribution < 1.29 is 18.3 Å². The van der Waals surface area contributed by atoms with E-state index in [-0.39, 0.29) is 24.4 Å². The average Bonchev–Trinajstić information content (AvgIpc) is 2.99. The molecule has 1 saturated heterocycles. The molecule has 0 aromatic heterocycles. The molecule has 3 atom stereocenters. The van der Waals surface area contributed by atoms with Gasteiger partial charge in [-0.3, -0.25) is 4.79 Å². The number of hydrogen-bond acceptors (Lipinski definition) is 3. The van der Waals surface area contributed by atoms with Crippen LogP contribution in [0.1, 0.15) is 37.7 Å². The number of halogens is 3. The van der Waals surface area contributed by atoms with E-state index in [4.69, 9.17) is 4.74 Å². The third kappa shape index (κ3) is 5.05. The van der Waals surface area contributed by atoms with Crippen molar-refractivity contribution in [2.45, 2.75) is 57.5 Å². The average molecular weight is 375 g/mol. The summed E-state index contributed by atoms with van der Waals surface area (Å²) in [4.78, 5) is 12.5. The van der Waals surface area contributed by atoms with E-state index in [0.717, 1.165) is 18.4 Å². The molecule has 0 bridgehead atoms. The van der Waals surface area contributed by atoms with E-state index in [1.807, 2.05) is 0 Å². The van der Waals surface area contributed by atoms with Crippen molar-refractivity contribution in [3.63, 3.8) is 0 Å². The van der Waals surface area contributed by atoms with Crippen LogP contribution in [0.4, 0.5) is 14.5 Å². The normalized spacial score (nSPS) is 25.2. The molecule has 4 nitrogen and oxygen atoms in total. The summed E-state index contributed by atoms with van der Waals surface area (Å²) in [6.45, 7) is 1.14. The molecule has 1 aliphatic carbocycles. The van der Waals surface area contributed by atoms with E-state index >= 15 is 0 Å². The molecule has 0 spiro atoms. The van der Waals surface area contributed by atoms with Crippen molar-refractivity contribution in [3.8, 4) is 5.75 Å².